The maximum Gasteiger partial charge on any atom is 0.133 e. The zero-order valence-electron chi connectivity index (χ0n) is 10.9. The van der Waals surface area contributed by atoms with Gasteiger partial charge in [0.15, 0.2) is 0 Å². The first-order chi connectivity index (χ1) is 8.27. The van der Waals surface area contributed by atoms with Gasteiger partial charge in [-0.2, -0.15) is 0 Å². The maximum absolute atomic E-state index is 5.03. The third-order valence-corrected chi connectivity index (χ3v) is 2.44. The molecule has 0 bridgehead atoms. The Labute approximate surface area is 103 Å². The Morgan fingerprint density at radius 1 is 1.41 bits per heavy atom. The number of anilines is 2. The standard InChI is InChI=1S/C12H22N4O/c1-4-6-13-11-9-12(15-10-14-11)16(2)7-5-8-17-3/h9-10H,4-8H2,1-3H3,(H,13,14,15). The molecule has 17 heavy (non-hydrogen) atoms. The average Bonchev–Trinajstić information content (AvgIpc) is 2.37. The zero-order valence-corrected chi connectivity index (χ0v) is 10.9. The lowest BCUT2D eigenvalue weighted by atomic mass is 10.4. The van der Waals surface area contributed by atoms with Gasteiger partial charge in [-0.1, -0.05) is 6.92 Å². The van der Waals surface area contributed by atoms with Crippen LogP contribution in [-0.4, -0.2) is 43.8 Å². The molecule has 0 saturated carbocycles. The van der Waals surface area contributed by atoms with E-state index < -0.39 is 0 Å². The van der Waals surface area contributed by atoms with Gasteiger partial charge in [0.05, 0.1) is 0 Å². The number of rotatable bonds is 8. The number of methoxy groups -OCH3 is 1. The Morgan fingerprint density at radius 2 is 2.24 bits per heavy atom. The molecule has 96 valence electrons. The summed E-state index contributed by atoms with van der Waals surface area (Å²) in [5.41, 5.74) is 0. The van der Waals surface area contributed by atoms with Crippen molar-refractivity contribution in [2.24, 2.45) is 0 Å². The summed E-state index contributed by atoms with van der Waals surface area (Å²) in [5.74, 6) is 1.82. The van der Waals surface area contributed by atoms with Crippen molar-refractivity contribution in [3.8, 4) is 0 Å². The van der Waals surface area contributed by atoms with E-state index in [2.05, 4.69) is 27.1 Å². The second kappa shape index (κ2) is 7.84. The number of ether oxygens (including phenoxy) is 1. The van der Waals surface area contributed by atoms with E-state index >= 15 is 0 Å². The van der Waals surface area contributed by atoms with Crippen molar-refractivity contribution < 1.29 is 4.74 Å². The van der Waals surface area contributed by atoms with Gasteiger partial charge in [0.1, 0.15) is 18.0 Å². The summed E-state index contributed by atoms with van der Waals surface area (Å²) in [6.45, 7) is 4.77. The topological polar surface area (TPSA) is 50.3 Å². The van der Waals surface area contributed by atoms with Gasteiger partial charge < -0.3 is 15.0 Å². The van der Waals surface area contributed by atoms with Crippen LogP contribution in [-0.2, 0) is 4.74 Å². The summed E-state index contributed by atoms with van der Waals surface area (Å²) in [7, 11) is 3.75. The molecular formula is C12H22N4O. The van der Waals surface area contributed by atoms with Gasteiger partial charge in [-0.3, -0.25) is 0 Å². The van der Waals surface area contributed by atoms with Gasteiger partial charge in [0.2, 0.25) is 0 Å². The van der Waals surface area contributed by atoms with Crippen LogP contribution in [0.1, 0.15) is 19.8 Å². The molecule has 1 aromatic heterocycles. The Bertz CT molecular complexity index is 319. The smallest absolute Gasteiger partial charge is 0.133 e. The van der Waals surface area contributed by atoms with Crippen LogP contribution >= 0.6 is 0 Å². The van der Waals surface area contributed by atoms with Crippen LogP contribution in [0.2, 0.25) is 0 Å². The second-order valence-electron chi connectivity index (χ2n) is 3.96. The third kappa shape index (κ3) is 4.99. The van der Waals surface area contributed by atoms with Gasteiger partial charge in [0.25, 0.3) is 0 Å². The minimum atomic E-state index is 0.774. The predicted octanol–water partition coefficient (Wildman–Crippen LogP) is 1.77. The highest BCUT2D eigenvalue weighted by atomic mass is 16.5. The van der Waals surface area contributed by atoms with Crippen molar-refractivity contribution in [3.63, 3.8) is 0 Å². The molecule has 0 aliphatic heterocycles. The lowest BCUT2D eigenvalue weighted by Crippen LogP contribution is -2.21. The Balaban J connectivity index is 2.51. The zero-order chi connectivity index (χ0) is 12.5. The Hall–Kier alpha value is -1.36. The number of hydrogen-bond donors (Lipinski definition) is 1. The highest BCUT2D eigenvalue weighted by Gasteiger charge is 2.03. The van der Waals surface area contributed by atoms with Crippen molar-refractivity contribution >= 4 is 11.6 Å². The highest BCUT2D eigenvalue weighted by Crippen LogP contribution is 2.12. The minimum absolute atomic E-state index is 0.774. The summed E-state index contributed by atoms with van der Waals surface area (Å²) >= 11 is 0. The quantitative estimate of drug-likeness (QED) is 0.699. The summed E-state index contributed by atoms with van der Waals surface area (Å²) in [6, 6.07) is 1.97. The van der Waals surface area contributed by atoms with Gasteiger partial charge in [-0.15, -0.1) is 0 Å². The summed E-state index contributed by atoms with van der Waals surface area (Å²) < 4.78 is 5.03. The van der Waals surface area contributed by atoms with Gasteiger partial charge >= 0.3 is 0 Å². The fraction of sp³-hybridized carbons (Fsp3) is 0.667. The first kappa shape index (κ1) is 13.7. The molecule has 5 heteroatoms. The first-order valence-corrected chi connectivity index (χ1v) is 6.04. The molecule has 1 heterocycles. The first-order valence-electron chi connectivity index (χ1n) is 6.04. The normalized spacial score (nSPS) is 10.3. The number of aromatic nitrogens is 2. The van der Waals surface area contributed by atoms with Crippen LogP contribution < -0.4 is 10.2 Å². The monoisotopic (exact) mass is 238 g/mol. The molecule has 0 aliphatic rings. The van der Waals surface area contributed by atoms with Crippen LogP contribution in [0.4, 0.5) is 11.6 Å². The van der Waals surface area contributed by atoms with Gasteiger partial charge in [-0.05, 0) is 12.8 Å². The molecule has 0 unspecified atom stereocenters. The van der Waals surface area contributed by atoms with E-state index in [4.69, 9.17) is 4.74 Å². The number of nitrogens with zero attached hydrogens (tertiary/aromatic N) is 3. The largest absolute Gasteiger partial charge is 0.385 e. The van der Waals surface area contributed by atoms with Crippen molar-refractivity contribution in [2.75, 3.05) is 44.1 Å². The lowest BCUT2D eigenvalue weighted by molar-refractivity contribution is 0.196. The van der Waals surface area contributed by atoms with Crippen LogP contribution in [0.3, 0.4) is 0 Å². The van der Waals surface area contributed by atoms with E-state index in [-0.39, 0.29) is 0 Å². The molecule has 0 aromatic carbocycles. The molecule has 0 spiro atoms. The molecule has 1 rings (SSSR count). The van der Waals surface area contributed by atoms with Crippen LogP contribution in [0.15, 0.2) is 12.4 Å². The Morgan fingerprint density at radius 3 is 2.94 bits per heavy atom. The molecule has 5 nitrogen and oxygen atoms in total. The highest BCUT2D eigenvalue weighted by molar-refractivity contribution is 5.47. The second-order valence-corrected chi connectivity index (χ2v) is 3.96. The molecular weight excluding hydrogens is 216 g/mol. The number of hydrogen-bond acceptors (Lipinski definition) is 5. The van der Waals surface area contributed by atoms with E-state index in [0.717, 1.165) is 44.2 Å². The third-order valence-electron chi connectivity index (χ3n) is 2.44. The van der Waals surface area contributed by atoms with E-state index in [1.165, 1.54) is 0 Å². The van der Waals surface area contributed by atoms with Crippen molar-refractivity contribution in [3.05, 3.63) is 12.4 Å². The minimum Gasteiger partial charge on any atom is -0.385 e. The lowest BCUT2D eigenvalue weighted by Gasteiger charge is -2.18. The fourth-order valence-electron chi connectivity index (χ4n) is 1.47. The molecule has 0 aliphatic carbocycles. The van der Waals surface area contributed by atoms with Gasteiger partial charge in [-0.25, -0.2) is 9.97 Å². The molecule has 1 N–H and O–H groups in total. The molecule has 1 aromatic rings. The van der Waals surface area contributed by atoms with E-state index in [0.29, 0.717) is 0 Å². The van der Waals surface area contributed by atoms with Crippen molar-refractivity contribution in [2.45, 2.75) is 19.8 Å². The molecule has 0 saturated heterocycles. The molecule has 0 fully saturated rings. The molecule has 0 radical (unpaired) electrons. The summed E-state index contributed by atoms with van der Waals surface area (Å²) in [6.07, 6.45) is 3.68. The summed E-state index contributed by atoms with van der Waals surface area (Å²) in [5, 5.41) is 3.25. The van der Waals surface area contributed by atoms with Crippen molar-refractivity contribution in [1.82, 2.24) is 9.97 Å². The maximum atomic E-state index is 5.03. The van der Waals surface area contributed by atoms with Gasteiger partial charge in [0, 0.05) is 39.9 Å². The van der Waals surface area contributed by atoms with E-state index in [9.17, 15) is 0 Å². The van der Waals surface area contributed by atoms with E-state index in [1.54, 1.807) is 13.4 Å². The summed E-state index contributed by atoms with van der Waals surface area (Å²) in [4.78, 5) is 10.6. The fourth-order valence-corrected chi connectivity index (χ4v) is 1.47. The van der Waals surface area contributed by atoms with Crippen LogP contribution in [0.5, 0.6) is 0 Å². The number of nitrogens with one attached hydrogen (secondary N) is 1. The predicted molar refractivity (Wildman–Crippen MR) is 70.6 cm³/mol. The van der Waals surface area contributed by atoms with Crippen LogP contribution in [0, 0.1) is 0 Å². The SMILES string of the molecule is CCCNc1cc(N(C)CCCOC)ncn1. The van der Waals surface area contributed by atoms with E-state index in [1.807, 2.05) is 13.1 Å². The Kier molecular flexibility index (Phi) is 6.32. The van der Waals surface area contributed by atoms with Crippen LogP contribution in [0.25, 0.3) is 0 Å². The molecule has 0 amide bonds. The van der Waals surface area contributed by atoms with Crippen molar-refractivity contribution in [1.29, 1.82) is 0 Å². The average molecular weight is 238 g/mol. The molecule has 0 atom stereocenters.